The van der Waals surface area contributed by atoms with Gasteiger partial charge in [0.2, 0.25) is 0 Å². The second kappa shape index (κ2) is 7.98. The van der Waals surface area contributed by atoms with Gasteiger partial charge in [0.15, 0.2) is 0 Å². The lowest BCUT2D eigenvalue weighted by Crippen LogP contribution is -2.16. The highest BCUT2D eigenvalue weighted by Gasteiger charge is 2.07. The third-order valence-electron chi connectivity index (χ3n) is 2.96. The Labute approximate surface area is 133 Å². The molecule has 0 radical (unpaired) electrons. The van der Waals surface area contributed by atoms with Crippen molar-refractivity contribution in [2.75, 3.05) is 13.6 Å². The molecule has 0 amide bonds. The van der Waals surface area contributed by atoms with E-state index in [9.17, 15) is 0 Å². The van der Waals surface area contributed by atoms with E-state index in [1.807, 2.05) is 6.26 Å². The van der Waals surface area contributed by atoms with E-state index in [1.165, 1.54) is 14.9 Å². The summed E-state index contributed by atoms with van der Waals surface area (Å²) in [6.07, 6.45) is 3.01. The molecule has 20 heavy (non-hydrogen) atoms. The Kier molecular flexibility index (Phi) is 6.29. The summed E-state index contributed by atoms with van der Waals surface area (Å²) in [6, 6.07) is 4.31. The van der Waals surface area contributed by atoms with Gasteiger partial charge < -0.3 is 9.73 Å². The fraction of sp³-hybridized carbons (Fsp3) is 0.467. The summed E-state index contributed by atoms with van der Waals surface area (Å²) in [4.78, 5) is 2.26. The quantitative estimate of drug-likeness (QED) is 0.717. The number of thiophene rings is 1. The van der Waals surface area contributed by atoms with Crippen LogP contribution in [0.2, 0.25) is 0 Å². The van der Waals surface area contributed by atoms with Crippen molar-refractivity contribution in [2.24, 2.45) is 0 Å². The number of nitrogens with one attached hydrogen (secondary N) is 1. The van der Waals surface area contributed by atoms with Crippen LogP contribution in [0, 0.1) is 0 Å². The summed E-state index contributed by atoms with van der Waals surface area (Å²) in [6.45, 7) is 5.88. The van der Waals surface area contributed by atoms with Crippen molar-refractivity contribution in [3.8, 4) is 0 Å². The van der Waals surface area contributed by atoms with Crippen molar-refractivity contribution >= 4 is 27.3 Å². The third kappa shape index (κ3) is 5.05. The highest BCUT2D eigenvalue weighted by Crippen LogP contribution is 2.22. The van der Waals surface area contributed by atoms with E-state index >= 15 is 0 Å². The smallest absolute Gasteiger partial charge is 0.118 e. The first-order valence-electron chi connectivity index (χ1n) is 6.86. The van der Waals surface area contributed by atoms with Gasteiger partial charge >= 0.3 is 0 Å². The summed E-state index contributed by atoms with van der Waals surface area (Å²) < 4.78 is 6.80. The molecule has 5 heteroatoms. The number of hydrogen-bond acceptors (Lipinski definition) is 4. The molecule has 0 aliphatic carbocycles. The minimum Gasteiger partial charge on any atom is -0.468 e. The normalized spacial score (nSPS) is 11.4. The van der Waals surface area contributed by atoms with Gasteiger partial charge in [0, 0.05) is 18.7 Å². The molecule has 2 aromatic heterocycles. The fourth-order valence-electron chi connectivity index (χ4n) is 2.07. The summed E-state index contributed by atoms with van der Waals surface area (Å²) in [7, 11) is 2.11. The van der Waals surface area contributed by atoms with Crippen molar-refractivity contribution in [2.45, 2.75) is 33.0 Å². The monoisotopic (exact) mass is 356 g/mol. The zero-order valence-electron chi connectivity index (χ0n) is 12.0. The average Bonchev–Trinajstić information content (AvgIpc) is 2.99. The number of nitrogens with zero attached hydrogens (tertiary/aromatic N) is 1. The Morgan fingerprint density at radius 2 is 2.15 bits per heavy atom. The minimum atomic E-state index is 0.835. The van der Waals surface area contributed by atoms with E-state index in [2.05, 4.69) is 57.6 Å². The summed E-state index contributed by atoms with van der Waals surface area (Å²) in [5, 5.41) is 5.57. The lowest BCUT2D eigenvalue weighted by molar-refractivity contribution is 0.288. The number of furan rings is 1. The molecule has 2 rings (SSSR count). The fourth-order valence-corrected chi connectivity index (χ4v) is 3.27. The second-order valence-electron chi connectivity index (χ2n) is 5.03. The second-order valence-corrected chi connectivity index (χ2v) is 7.32. The van der Waals surface area contributed by atoms with Gasteiger partial charge in [-0.1, -0.05) is 6.92 Å². The molecule has 110 valence electrons. The summed E-state index contributed by atoms with van der Waals surface area (Å²) in [5.41, 5.74) is 2.56. The van der Waals surface area contributed by atoms with Gasteiger partial charge in [-0.2, -0.15) is 0 Å². The first-order chi connectivity index (χ1) is 9.67. The molecule has 0 saturated carbocycles. The van der Waals surface area contributed by atoms with Crippen LogP contribution in [0.1, 0.15) is 30.2 Å². The number of halogens is 1. The van der Waals surface area contributed by atoms with Crippen LogP contribution in [-0.2, 0) is 19.6 Å². The molecule has 0 aliphatic heterocycles. The van der Waals surface area contributed by atoms with E-state index in [0.29, 0.717) is 0 Å². The lowest BCUT2D eigenvalue weighted by Gasteiger charge is -2.13. The third-order valence-corrected chi connectivity index (χ3v) is 4.52. The van der Waals surface area contributed by atoms with Crippen LogP contribution >= 0.6 is 27.3 Å². The molecule has 0 bridgehead atoms. The van der Waals surface area contributed by atoms with E-state index in [4.69, 9.17) is 4.42 Å². The highest BCUT2D eigenvalue weighted by molar-refractivity contribution is 9.11. The van der Waals surface area contributed by atoms with Crippen molar-refractivity contribution in [1.29, 1.82) is 0 Å². The zero-order valence-corrected chi connectivity index (χ0v) is 14.4. The van der Waals surface area contributed by atoms with Crippen LogP contribution < -0.4 is 5.32 Å². The number of hydrogen-bond donors (Lipinski definition) is 1. The molecule has 0 spiro atoms. The molecule has 0 atom stereocenters. The lowest BCUT2D eigenvalue weighted by atomic mass is 10.2. The van der Waals surface area contributed by atoms with Gasteiger partial charge in [0.25, 0.3) is 0 Å². The molecule has 0 unspecified atom stereocenters. The summed E-state index contributed by atoms with van der Waals surface area (Å²) in [5.74, 6) is 1.02. The van der Waals surface area contributed by atoms with E-state index in [0.717, 1.165) is 38.4 Å². The van der Waals surface area contributed by atoms with Crippen LogP contribution in [0.25, 0.3) is 0 Å². The van der Waals surface area contributed by atoms with E-state index < -0.39 is 0 Å². The van der Waals surface area contributed by atoms with Crippen molar-refractivity contribution in [3.63, 3.8) is 0 Å². The summed E-state index contributed by atoms with van der Waals surface area (Å²) >= 11 is 5.22. The Balaban J connectivity index is 1.80. The Morgan fingerprint density at radius 1 is 1.30 bits per heavy atom. The van der Waals surface area contributed by atoms with Crippen LogP contribution in [0.5, 0.6) is 0 Å². The van der Waals surface area contributed by atoms with Gasteiger partial charge in [-0.05, 0) is 59.0 Å². The molecule has 0 aromatic carbocycles. The topological polar surface area (TPSA) is 28.4 Å². The molecule has 2 heterocycles. The molecule has 3 nitrogen and oxygen atoms in total. The van der Waals surface area contributed by atoms with Crippen LogP contribution in [0.3, 0.4) is 0 Å². The highest BCUT2D eigenvalue weighted by atomic mass is 79.9. The average molecular weight is 357 g/mol. The molecular formula is C15H21BrN2OS. The molecular weight excluding hydrogens is 336 g/mol. The van der Waals surface area contributed by atoms with Crippen LogP contribution in [-0.4, -0.2) is 18.5 Å². The molecule has 0 aliphatic rings. The van der Waals surface area contributed by atoms with Gasteiger partial charge in [0.1, 0.15) is 5.76 Å². The van der Waals surface area contributed by atoms with Crippen molar-refractivity contribution in [3.05, 3.63) is 44.4 Å². The maximum atomic E-state index is 5.62. The first kappa shape index (κ1) is 15.8. The Bertz CT molecular complexity index is 523. The van der Waals surface area contributed by atoms with Crippen LogP contribution in [0.15, 0.2) is 32.0 Å². The zero-order chi connectivity index (χ0) is 14.4. The van der Waals surface area contributed by atoms with Gasteiger partial charge in [-0.3, -0.25) is 4.90 Å². The Hall–Kier alpha value is -0.620. The van der Waals surface area contributed by atoms with Crippen molar-refractivity contribution < 1.29 is 4.42 Å². The SMILES string of the molecule is CCCNCc1coc(CN(C)Cc2csc(Br)c2)c1. The largest absolute Gasteiger partial charge is 0.468 e. The number of rotatable bonds is 8. The first-order valence-corrected chi connectivity index (χ1v) is 8.53. The maximum Gasteiger partial charge on any atom is 0.118 e. The van der Waals surface area contributed by atoms with Gasteiger partial charge in [-0.15, -0.1) is 11.3 Å². The predicted molar refractivity (Wildman–Crippen MR) is 87.9 cm³/mol. The van der Waals surface area contributed by atoms with Crippen LogP contribution in [0.4, 0.5) is 0 Å². The maximum absolute atomic E-state index is 5.62. The van der Waals surface area contributed by atoms with Gasteiger partial charge in [-0.25, -0.2) is 0 Å². The molecule has 0 saturated heterocycles. The van der Waals surface area contributed by atoms with E-state index in [1.54, 1.807) is 11.3 Å². The standard InChI is InChI=1S/C15H21BrN2OS/c1-3-4-17-7-12-5-14(19-10-12)9-18(2)8-13-6-15(16)20-11-13/h5-6,10-11,17H,3-4,7-9H2,1-2H3. The van der Waals surface area contributed by atoms with E-state index in [-0.39, 0.29) is 0 Å². The Morgan fingerprint density at radius 3 is 2.85 bits per heavy atom. The van der Waals surface area contributed by atoms with Crippen molar-refractivity contribution in [1.82, 2.24) is 10.2 Å². The van der Waals surface area contributed by atoms with Gasteiger partial charge in [0.05, 0.1) is 16.6 Å². The predicted octanol–water partition coefficient (Wildman–Crippen LogP) is 4.24. The molecule has 0 fully saturated rings. The molecule has 2 aromatic rings. The molecule has 1 N–H and O–H groups in total. The minimum absolute atomic E-state index is 0.835.